The molecule has 6 aromatic carbocycles. The normalized spacial score (nSPS) is 18.9. The molecule has 10 rings (SSSR count). The summed E-state index contributed by atoms with van der Waals surface area (Å²) in [6.07, 6.45) is -0.680. The molecule has 0 aromatic heterocycles. The molecule has 1 unspecified atom stereocenters. The van der Waals surface area contributed by atoms with Crippen molar-refractivity contribution in [1.82, 2.24) is 0 Å². The molecule has 0 saturated heterocycles. The van der Waals surface area contributed by atoms with Gasteiger partial charge in [0.05, 0.1) is 0 Å². The number of fused-ring (bicyclic) bond motifs is 3. The van der Waals surface area contributed by atoms with E-state index in [9.17, 15) is 5.11 Å². The second-order valence-corrected chi connectivity index (χ2v) is 11.2. The van der Waals surface area contributed by atoms with Crippen molar-refractivity contribution >= 4 is 0 Å². The van der Waals surface area contributed by atoms with Gasteiger partial charge in [-0.2, -0.15) is 0 Å². The molecule has 40 heavy (non-hydrogen) atoms. The van der Waals surface area contributed by atoms with Gasteiger partial charge in [0.25, 0.3) is 0 Å². The van der Waals surface area contributed by atoms with Gasteiger partial charge in [0, 0.05) is 17.4 Å². The van der Waals surface area contributed by atoms with Crippen LogP contribution < -0.4 is 0 Å². The van der Waals surface area contributed by atoms with E-state index in [2.05, 4.69) is 133 Å². The quantitative estimate of drug-likeness (QED) is 0.246. The van der Waals surface area contributed by atoms with E-state index in [0.717, 1.165) is 22.3 Å². The summed E-state index contributed by atoms with van der Waals surface area (Å²) in [5, 5.41) is 12.1. The predicted octanol–water partition coefficient (Wildman–Crippen LogP) is 9.07. The van der Waals surface area contributed by atoms with Crippen LogP contribution in [0, 0.1) is 0 Å². The highest BCUT2D eigenvalue weighted by Gasteiger charge is 2.47. The van der Waals surface area contributed by atoms with Crippen LogP contribution in [0.3, 0.4) is 0 Å². The molecular weight excluding hydrogens is 484 g/mol. The summed E-state index contributed by atoms with van der Waals surface area (Å²) in [6.45, 7) is 0. The Morgan fingerprint density at radius 3 is 1.23 bits per heavy atom. The summed E-state index contributed by atoms with van der Waals surface area (Å²) in [6, 6.07) is 48.1. The van der Waals surface area contributed by atoms with E-state index in [0.29, 0.717) is 0 Å². The highest BCUT2D eigenvalue weighted by atomic mass is 16.3. The Labute approximate surface area is 234 Å². The molecule has 0 saturated carbocycles. The summed E-state index contributed by atoms with van der Waals surface area (Å²) in [5.74, 6) is 0.243. The summed E-state index contributed by atoms with van der Waals surface area (Å²) in [4.78, 5) is 0. The van der Waals surface area contributed by atoms with Crippen molar-refractivity contribution in [2.24, 2.45) is 0 Å². The maximum Gasteiger partial charge on any atom is 0.106 e. The Hall–Kier alpha value is -4.72. The molecule has 4 aliphatic rings. The van der Waals surface area contributed by atoms with E-state index < -0.39 is 6.10 Å². The number of hydrogen-bond acceptors (Lipinski definition) is 1. The minimum absolute atomic E-state index is 0.117. The zero-order valence-electron chi connectivity index (χ0n) is 21.9. The standard InChI is InChI=1S/C39H26O/c40-39-30-22-12-11-21-29(30)35-37-34-27-19-9-7-17-25(27)33(26-18-8-10-20-28(26)34)36(37)31(23-13-3-1-4-14-23)32(38(35)39)24-15-5-2-6-16-24/h1-22,33-34,39-40H. The minimum Gasteiger partial charge on any atom is -0.384 e. The SMILES string of the molecule is OC1c2ccccc2-c2c1c(-c1ccccc1)c(-c1ccccc1)c1c2C2c3ccccc3C1c1ccccc12. The van der Waals surface area contributed by atoms with Crippen LogP contribution in [0.4, 0.5) is 0 Å². The summed E-state index contributed by atoms with van der Waals surface area (Å²) in [7, 11) is 0. The second kappa shape index (κ2) is 8.14. The first kappa shape index (κ1) is 22.1. The molecule has 1 N–H and O–H groups in total. The van der Waals surface area contributed by atoms with E-state index in [1.807, 2.05) is 0 Å². The molecule has 0 amide bonds. The molecule has 2 bridgehead atoms. The first-order valence-corrected chi connectivity index (χ1v) is 14.1. The molecule has 1 atom stereocenters. The van der Waals surface area contributed by atoms with Gasteiger partial charge in [-0.05, 0) is 72.3 Å². The largest absolute Gasteiger partial charge is 0.384 e. The van der Waals surface area contributed by atoms with E-state index >= 15 is 0 Å². The highest BCUT2D eigenvalue weighted by Crippen LogP contribution is 2.64. The summed E-state index contributed by atoms with van der Waals surface area (Å²) < 4.78 is 0. The van der Waals surface area contributed by atoms with Crippen LogP contribution in [-0.4, -0.2) is 5.11 Å². The number of benzene rings is 6. The average Bonchev–Trinajstić information content (AvgIpc) is 3.33. The van der Waals surface area contributed by atoms with Gasteiger partial charge in [0.15, 0.2) is 0 Å². The lowest BCUT2D eigenvalue weighted by atomic mass is 9.57. The average molecular weight is 511 g/mol. The van der Waals surface area contributed by atoms with Crippen LogP contribution in [0.2, 0.25) is 0 Å². The Kier molecular flexibility index (Phi) is 4.51. The molecule has 1 nitrogen and oxygen atoms in total. The smallest absolute Gasteiger partial charge is 0.106 e. The summed E-state index contributed by atoms with van der Waals surface area (Å²) in [5.41, 5.74) is 17.6. The van der Waals surface area contributed by atoms with Crippen LogP contribution in [0.1, 0.15) is 62.4 Å². The van der Waals surface area contributed by atoms with Crippen LogP contribution >= 0.6 is 0 Å². The lowest BCUT2D eigenvalue weighted by molar-refractivity contribution is 0.225. The van der Waals surface area contributed by atoms with Gasteiger partial charge in [-0.15, -0.1) is 0 Å². The fourth-order valence-electron chi connectivity index (χ4n) is 7.93. The van der Waals surface area contributed by atoms with E-state index in [1.54, 1.807) is 0 Å². The first-order chi connectivity index (χ1) is 19.8. The molecular formula is C39H26O. The fourth-order valence-corrected chi connectivity index (χ4v) is 7.93. The Morgan fingerprint density at radius 1 is 0.350 bits per heavy atom. The molecule has 188 valence electrons. The molecule has 0 aliphatic heterocycles. The lowest BCUT2D eigenvalue weighted by Crippen LogP contribution is -2.29. The Bertz CT molecular complexity index is 1920. The van der Waals surface area contributed by atoms with Crippen molar-refractivity contribution in [1.29, 1.82) is 0 Å². The monoisotopic (exact) mass is 510 g/mol. The second-order valence-electron chi connectivity index (χ2n) is 11.2. The number of aliphatic hydroxyl groups excluding tert-OH is 1. The van der Waals surface area contributed by atoms with E-state index in [1.165, 1.54) is 55.6 Å². The fraction of sp³-hybridized carbons (Fsp3) is 0.0769. The number of aliphatic hydroxyl groups is 1. The third kappa shape index (κ3) is 2.75. The van der Waals surface area contributed by atoms with E-state index in [4.69, 9.17) is 0 Å². The first-order valence-electron chi connectivity index (χ1n) is 14.1. The van der Waals surface area contributed by atoms with Gasteiger partial charge in [-0.3, -0.25) is 0 Å². The van der Waals surface area contributed by atoms with Gasteiger partial charge >= 0.3 is 0 Å². The van der Waals surface area contributed by atoms with Crippen molar-refractivity contribution in [3.8, 4) is 33.4 Å². The highest BCUT2D eigenvalue weighted by molar-refractivity contribution is 6.00. The van der Waals surface area contributed by atoms with Gasteiger partial charge in [-0.1, -0.05) is 133 Å². The Morgan fingerprint density at radius 2 is 0.725 bits per heavy atom. The molecule has 0 heterocycles. The van der Waals surface area contributed by atoms with Crippen molar-refractivity contribution < 1.29 is 5.11 Å². The summed E-state index contributed by atoms with van der Waals surface area (Å²) >= 11 is 0. The van der Waals surface area contributed by atoms with Crippen molar-refractivity contribution in [2.45, 2.75) is 17.9 Å². The molecule has 1 heteroatoms. The topological polar surface area (TPSA) is 20.2 Å². The van der Waals surface area contributed by atoms with Crippen LogP contribution in [0.25, 0.3) is 33.4 Å². The Balaban J connectivity index is 1.54. The van der Waals surface area contributed by atoms with Crippen molar-refractivity contribution in [3.63, 3.8) is 0 Å². The van der Waals surface area contributed by atoms with Crippen molar-refractivity contribution in [3.05, 3.63) is 178 Å². The van der Waals surface area contributed by atoms with Gasteiger partial charge in [-0.25, -0.2) is 0 Å². The molecule has 6 aromatic rings. The number of hydrogen-bond donors (Lipinski definition) is 1. The van der Waals surface area contributed by atoms with Crippen LogP contribution in [-0.2, 0) is 0 Å². The zero-order chi connectivity index (χ0) is 26.4. The number of rotatable bonds is 2. The molecule has 0 fully saturated rings. The molecule has 0 radical (unpaired) electrons. The predicted molar refractivity (Wildman–Crippen MR) is 162 cm³/mol. The van der Waals surface area contributed by atoms with Gasteiger partial charge in [0.1, 0.15) is 6.10 Å². The third-order valence-corrected chi connectivity index (χ3v) is 9.35. The molecule has 0 spiro atoms. The van der Waals surface area contributed by atoms with Crippen molar-refractivity contribution in [2.75, 3.05) is 0 Å². The zero-order valence-corrected chi connectivity index (χ0v) is 21.9. The maximum absolute atomic E-state index is 12.1. The minimum atomic E-state index is -0.680. The van der Waals surface area contributed by atoms with Gasteiger partial charge < -0.3 is 5.11 Å². The lowest BCUT2D eigenvalue weighted by Gasteiger charge is -2.45. The maximum atomic E-state index is 12.1. The van der Waals surface area contributed by atoms with Gasteiger partial charge in [0.2, 0.25) is 0 Å². The van der Waals surface area contributed by atoms with Crippen LogP contribution in [0.15, 0.2) is 133 Å². The van der Waals surface area contributed by atoms with E-state index in [-0.39, 0.29) is 11.8 Å². The van der Waals surface area contributed by atoms with Crippen LogP contribution in [0.5, 0.6) is 0 Å². The third-order valence-electron chi connectivity index (χ3n) is 9.35. The molecule has 4 aliphatic carbocycles.